The van der Waals surface area contributed by atoms with Crippen LogP contribution < -0.4 is 5.32 Å². The molecular weight excluding hydrogens is 348 g/mol. The lowest BCUT2D eigenvalue weighted by Gasteiger charge is -2.16. The van der Waals surface area contributed by atoms with Gasteiger partial charge in [-0.2, -0.15) is 10.2 Å². The van der Waals surface area contributed by atoms with Gasteiger partial charge >= 0.3 is 0 Å². The largest absolute Gasteiger partial charge is 0.363 e. The van der Waals surface area contributed by atoms with E-state index in [1.165, 1.54) is 5.56 Å². The van der Waals surface area contributed by atoms with Crippen LogP contribution in [0.25, 0.3) is 22.0 Å². The molecule has 1 aliphatic heterocycles. The molecule has 0 aliphatic carbocycles. The van der Waals surface area contributed by atoms with E-state index in [2.05, 4.69) is 61.7 Å². The molecule has 6 nitrogen and oxygen atoms in total. The summed E-state index contributed by atoms with van der Waals surface area (Å²) in [5.41, 5.74) is 5.93. The van der Waals surface area contributed by atoms with Gasteiger partial charge in [-0.3, -0.25) is 4.98 Å². The number of benzene rings is 2. The highest BCUT2D eigenvalue weighted by atomic mass is 15.1. The van der Waals surface area contributed by atoms with Crippen molar-refractivity contribution in [3.63, 3.8) is 0 Å². The second-order valence-electron chi connectivity index (χ2n) is 6.82. The number of aromatic nitrogens is 3. The predicted octanol–water partition coefficient (Wildman–Crippen LogP) is 5.46. The van der Waals surface area contributed by atoms with Crippen LogP contribution in [0.15, 0.2) is 77.3 Å². The quantitative estimate of drug-likeness (QED) is 0.520. The van der Waals surface area contributed by atoms with Crippen LogP contribution in [0.3, 0.4) is 0 Å². The first kappa shape index (κ1) is 16.5. The minimum absolute atomic E-state index is 0.130. The van der Waals surface area contributed by atoms with Crippen molar-refractivity contribution in [1.29, 1.82) is 0 Å². The van der Waals surface area contributed by atoms with Crippen molar-refractivity contribution < 1.29 is 0 Å². The van der Waals surface area contributed by atoms with Crippen molar-refractivity contribution in [3.8, 4) is 11.1 Å². The maximum Gasteiger partial charge on any atom is 0.137 e. The highest BCUT2D eigenvalue weighted by Gasteiger charge is 2.13. The number of azo groups is 1. The highest BCUT2D eigenvalue weighted by Crippen LogP contribution is 2.32. The maximum atomic E-state index is 4.49. The van der Waals surface area contributed by atoms with Gasteiger partial charge in [0, 0.05) is 23.2 Å². The standard InChI is InChI=1S/C22H18N6/c1-14(15-5-3-2-4-6-15)27-22-18-9-16(7-8-19(18)24-13-25-22)17-10-20-21(23-11-17)12-26-28-20/h2-11,13-14H,12H2,1H3,(H,24,25,27). The second-order valence-corrected chi connectivity index (χ2v) is 6.82. The summed E-state index contributed by atoms with van der Waals surface area (Å²) in [6.07, 6.45) is 3.47. The van der Waals surface area contributed by atoms with Gasteiger partial charge in [-0.05, 0) is 36.2 Å². The Kier molecular flexibility index (Phi) is 4.01. The molecule has 1 atom stereocenters. The van der Waals surface area contributed by atoms with Crippen molar-refractivity contribution in [2.45, 2.75) is 19.5 Å². The van der Waals surface area contributed by atoms with E-state index in [1.807, 2.05) is 36.5 Å². The van der Waals surface area contributed by atoms with Crippen LogP contribution in [-0.4, -0.2) is 15.0 Å². The molecule has 0 saturated carbocycles. The van der Waals surface area contributed by atoms with Crippen LogP contribution in [0.5, 0.6) is 0 Å². The normalized spacial score (nSPS) is 13.5. The number of nitrogens with one attached hydrogen (secondary N) is 1. The molecule has 0 radical (unpaired) electrons. The van der Waals surface area contributed by atoms with E-state index in [0.717, 1.165) is 39.2 Å². The van der Waals surface area contributed by atoms with Gasteiger partial charge < -0.3 is 5.32 Å². The molecule has 0 saturated heterocycles. The zero-order valence-corrected chi connectivity index (χ0v) is 15.4. The minimum Gasteiger partial charge on any atom is -0.363 e. The van der Waals surface area contributed by atoms with Crippen LogP contribution >= 0.6 is 0 Å². The summed E-state index contributed by atoms with van der Waals surface area (Å²) in [7, 11) is 0. The van der Waals surface area contributed by atoms with Crippen molar-refractivity contribution in [3.05, 3.63) is 78.4 Å². The molecule has 136 valence electrons. The van der Waals surface area contributed by atoms with Gasteiger partial charge in [0.2, 0.25) is 0 Å². The third-order valence-electron chi connectivity index (χ3n) is 4.97. The van der Waals surface area contributed by atoms with E-state index in [1.54, 1.807) is 6.33 Å². The summed E-state index contributed by atoms with van der Waals surface area (Å²) >= 11 is 0. The number of nitrogens with zero attached hydrogens (tertiary/aromatic N) is 5. The molecule has 1 N–H and O–H groups in total. The van der Waals surface area contributed by atoms with Gasteiger partial charge in [0.25, 0.3) is 0 Å². The van der Waals surface area contributed by atoms with Crippen molar-refractivity contribution in [2.24, 2.45) is 10.2 Å². The lowest BCUT2D eigenvalue weighted by atomic mass is 10.0. The van der Waals surface area contributed by atoms with E-state index in [-0.39, 0.29) is 6.04 Å². The first-order chi connectivity index (χ1) is 13.8. The Morgan fingerprint density at radius 1 is 0.929 bits per heavy atom. The highest BCUT2D eigenvalue weighted by molar-refractivity contribution is 5.92. The molecule has 1 aliphatic rings. The molecule has 2 aromatic heterocycles. The fourth-order valence-corrected chi connectivity index (χ4v) is 3.41. The first-order valence-corrected chi connectivity index (χ1v) is 9.21. The van der Waals surface area contributed by atoms with Crippen LogP contribution in [0, 0.1) is 0 Å². The molecule has 4 aromatic rings. The molecule has 2 aromatic carbocycles. The van der Waals surface area contributed by atoms with Crippen molar-refractivity contribution >= 4 is 22.4 Å². The maximum absolute atomic E-state index is 4.49. The number of pyridine rings is 1. The molecule has 3 heterocycles. The third kappa shape index (κ3) is 2.99. The topological polar surface area (TPSA) is 75.4 Å². The van der Waals surface area contributed by atoms with Crippen LogP contribution in [-0.2, 0) is 6.54 Å². The Balaban J connectivity index is 1.54. The molecule has 0 amide bonds. The average molecular weight is 366 g/mol. The first-order valence-electron chi connectivity index (χ1n) is 9.21. The summed E-state index contributed by atoms with van der Waals surface area (Å²) in [5.74, 6) is 0.817. The minimum atomic E-state index is 0.130. The lowest BCUT2D eigenvalue weighted by molar-refractivity contribution is 0.876. The summed E-state index contributed by atoms with van der Waals surface area (Å²) < 4.78 is 0. The summed E-state index contributed by atoms with van der Waals surface area (Å²) in [6.45, 7) is 2.69. The third-order valence-corrected chi connectivity index (χ3v) is 4.97. The van der Waals surface area contributed by atoms with Gasteiger partial charge in [0.15, 0.2) is 0 Å². The smallest absolute Gasteiger partial charge is 0.137 e. The Hall–Kier alpha value is -3.67. The van der Waals surface area contributed by atoms with Crippen LogP contribution in [0.4, 0.5) is 11.5 Å². The van der Waals surface area contributed by atoms with Gasteiger partial charge in [-0.25, -0.2) is 9.97 Å². The van der Waals surface area contributed by atoms with E-state index in [4.69, 9.17) is 0 Å². The van der Waals surface area contributed by atoms with E-state index < -0.39 is 0 Å². The van der Waals surface area contributed by atoms with Gasteiger partial charge in [0.1, 0.15) is 24.4 Å². The summed E-state index contributed by atoms with van der Waals surface area (Å²) in [4.78, 5) is 13.4. The molecular formula is C22H18N6. The number of hydrogen-bond donors (Lipinski definition) is 1. The molecule has 28 heavy (non-hydrogen) atoms. The van der Waals surface area contributed by atoms with E-state index in [0.29, 0.717) is 6.54 Å². The molecule has 6 heteroatoms. The number of hydrogen-bond acceptors (Lipinski definition) is 6. The zero-order valence-electron chi connectivity index (χ0n) is 15.4. The Morgan fingerprint density at radius 2 is 1.82 bits per heavy atom. The van der Waals surface area contributed by atoms with E-state index >= 15 is 0 Å². The molecule has 0 spiro atoms. The van der Waals surface area contributed by atoms with E-state index in [9.17, 15) is 0 Å². The zero-order chi connectivity index (χ0) is 18.9. The SMILES string of the molecule is CC(Nc1ncnc2ccc(-c3cnc4c(c3)N=NC4)cc12)c1ccccc1. The molecule has 1 unspecified atom stereocenters. The van der Waals surface area contributed by atoms with Crippen LogP contribution in [0.2, 0.25) is 0 Å². The Morgan fingerprint density at radius 3 is 2.71 bits per heavy atom. The number of rotatable bonds is 4. The monoisotopic (exact) mass is 366 g/mol. The Bertz CT molecular complexity index is 1190. The molecule has 5 rings (SSSR count). The summed E-state index contributed by atoms with van der Waals surface area (Å²) in [6, 6.07) is 18.7. The van der Waals surface area contributed by atoms with Crippen LogP contribution in [0.1, 0.15) is 24.2 Å². The number of anilines is 1. The predicted molar refractivity (Wildman–Crippen MR) is 109 cm³/mol. The van der Waals surface area contributed by atoms with Gasteiger partial charge in [-0.15, -0.1) is 0 Å². The second kappa shape index (κ2) is 6.81. The molecule has 0 fully saturated rings. The van der Waals surface area contributed by atoms with Gasteiger partial charge in [-0.1, -0.05) is 36.4 Å². The molecule has 0 bridgehead atoms. The average Bonchev–Trinajstić information content (AvgIpc) is 3.22. The van der Waals surface area contributed by atoms with Crippen molar-refractivity contribution in [1.82, 2.24) is 15.0 Å². The fourth-order valence-electron chi connectivity index (χ4n) is 3.41. The summed E-state index contributed by atoms with van der Waals surface area (Å²) in [5, 5.41) is 12.7. The van der Waals surface area contributed by atoms with Gasteiger partial charge in [0.05, 0.1) is 11.2 Å². The fraction of sp³-hybridized carbons (Fsp3) is 0.136. The lowest BCUT2D eigenvalue weighted by Crippen LogP contribution is -2.08. The van der Waals surface area contributed by atoms with Crippen molar-refractivity contribution in [2.75, 3.05) is 5.32 Å². The number of fused-ring (bicyclic) bond motifs is 2. The Labute approximate surface area is 162 Å².